The Kier molecular flexibility index (Phi) is 5.54. The molecule has 6 nitrogen and oxygen atoms in total. The van der Waals surface area contributed by atoms with E-state index in [-0.39, 0.29) is 17.7 Å². The van der Waals surface area contributed by atoms with Gasteiger partial charge in [-0.2, -0.15) is 0 Å². The first-order chi connectivity index (χ1) is 13.0. The van der Waals surface area contributed by atoms with Gasteiger partial charge in [0.25, 0.3) is 5.91 Å². The predicted molar refractivity (Wildman–Crippen MR) is 101 cm³/mol. The van der Waals surface area contributed by atoms with E-state index in [2.05, 4.69) is 0 Å². The number of carbonyl (C=O) groups excluding carboxylic acids is 3. The quantitative estimate of drug-likeness (QED) is 0.842. The van der Waals surface area contributed by atoms with Crippen LogP contribution in [0.3, 0.4) is 0 Å². The SMILES string of the molecule is COC(=O)c1cccc(-c2ccc(C(=O)N3CCC[C@H](C(N)=O)C3)cc2)c1. The van der Waals surface area contributed by atoms with Gasteiger partial charge in [0.1, 0.15) is 0 Å². The first-order valence-corrected chi connectivity index (χ1v) is 8.87. The summed E-state index contributed by atoms with van der Waals surface area (Å²) in [4.78, 5) is 37.5. The van der Waals surface area contributed by atoms with Crippen LogP contribution in [0.1, 0.15) is 33.6 Å². The first kappa shape index (κ1) is 18.6. The zero-order valence-corrected chi connectivity index (χ0v) is 15.2. The van der Waals surface area contributed by atoms with Gasteiger partial charge >= 0.3 is 5.97 Å². The van der Waals surface area contributed by atoms with E-state index in [4.69, 9.17) is 10.5 Å². The number of benzene rings is 2. The third-order valence-corrected chi connectivity index (χ3v) is 4.86. The highest BCUT2D eigenvalue weighted by Gasteiger charge is 2.27. The highest BCUT2D eigenvalue weighted by atomic mass is 16.5. The molecular formula is C21H22N2O4. The molecule has 140 valence electrons. The van der Waals surface area contributed by atoms with E-state index in [0.717, 1.165) is 24.0 Å². The van der Waals surface area contributed by atoms with E-state index in [1.807, 2.05) is 18.2 Å². The van der Waals surface area contributed by atoms with Crippen molar-refractivity contribution >= 4 is 17.8 Å². The molecule has 2 N–H and O–H groups in total. The highest BCUT2D eigenvalue weighted by Crippen LogP contribution is 2.23. The van der Waals surface area contributed by atoms with Crippen LogP contribution >= 0.6 is 0 Å². The van der Waals surface area contributed by atoms with Crippen LogP contribution in [0.25, 0.3) is 11.1 Å². The van der Waals surface area contributed by atoms with E-state index >= 15 is 0 Å². The maximum atomic E-state index is 12.7. The summed E-state index contributed by atoms with van der Waals surface area (Å²) < 4.78 is 4.75. The second kappa shape index (κ2) is 8.03. The Hall–Kier alpha value is -3.15. The number of nitrogens with zero attached hydrogens (tertiary/aromatic N) is 1. The van der Waals surface area contributed by atoms with Gasteiger partial charge in [0.15, 0.2) is 0 Å². The molecular weight excluding hydrogens is 344 g/mol. The van der Waals surface area contributed by atoms with Crippen LogP contribution in [0.2, 0.25) is 0 Å². The second-order valence-electron chi connectivity index (χ2n) is 6.64. The molecule has 2 aromatic carbocycles. The van der Waals surface area contributed by atoms with Crippen molar-refractivity contribution in [3.05, 3.63) is 59.7 Å². The van der Waals surface area contributed by atoms with E-state index in [0.29, 0.717) is 24.2 Å². The molecule has 0 bridgehead atoms. The number of esters is 1. The molecule has 1 atom stereocenters. The van der Waals surface area contributed by atoms with Gasteiger partial charge in [-0.1, -0.05) is 24.3 Å². The Morgan fingerprint density at radius 3 is 2.44 bits per heavy atom. The third-order valence-electron chi connectivity index (χ3n) is 4.86. The van der Waals surface area contributed by atoms with E-state index in [1.165, 1.54) is 7.11 Å². The van der Waals surface area contributed by atoms with Gasteiger partial charge in [0, 0.05) is 18.7 Å². The maximum Gasteiger partial charge on any atom is 0.337 e. The average Bonchev–Trinajstić information content (AvgIpc) is 2.73. The fraction of sp³-hybridized carbons (Fsp3) is 0.286. The Bertz CT molecular complexity index is 861. The molecule has 1 aliphatic rings. The van der Waals surface area contributed by atoms with Crippen LogP contribution < -0.4 is 5.73 Å². The molecule has 1 fully saturated rings. The number of carbonyl (C=O) groups is 3. The van der Waals surface area contributed by atoms with Crippen LogP contribution in [-0.2, 0) is 9.53 Å². The van der Waals surface area contributed by atoms with Gasteiger partial charge in [-0.25, -0.2) is 4.79 Å². The van der Waals surface area contributed by atoms with Crippen LogP contribution in [0, 0.1) is 5.92 Å². The van der Waals surface area contributed by atoms with Gasteiger partial charge in [0.05, 0.1) is 18.6 Å². The molecule has 0 aliphatic carbocycles. The average molecular weight is 366 g/mol. The number of amides is 2. The van der Waals surface area contributed by atoms with Gasteiger partial charge in [0.2, 0.25) is 5.91 Å². The van der Waals surface area contributed by atoms with Gasteiger partial charge in [-0.05, 0) is 48.2 Å². The third kappa shape index (κ3) is 4.16. The molecule has 0 radical (unpaired) electrons. The molecule has 3 rings (SSSR count). The fourth-order valence-electron chi connectivity index (χ4n) is 3.33. The topological polar surface area (TPSA) is 89.7 Å². The summed E-state index contributed by atoms with van der Waals surface area (Å²) in [5.74, 6) is -1.12. The smallest absolute Gasteiger partial charge is 0.337 e. The lowest BCUT2D eigenvalue weighted by Gasteiger charge is -2.31. The van der Waals surface area contributed by atoms with Crippen molar-refractivity contribution in [1.29, 1.82) is 0 Å². The standard InChI is InChI=1S/C21H22N2O4/c1-27-21(26)17-5-2-4-16(12-17)14-7-9-15(10-8-14)20(25)23-11-3-6-18(13-23)19(22)24/h2,4-5,7-10,12,18H,3,6,11,13H2,1H3,(H2,22,24)/t18-/m0/s1. The van der Waals surface area contributed by atoms with Crippen molar-refractivity contribution in [2.45, 2.75) is 12.8 Å². The summed E-state index contributed by atoms with van der Waals surface area (Å²) in [7, 11) is 1.35. The number of likely N-dealkylation sites (tertiary alicyclic amines) is 1. The molecule has 1 saturated heterocycles. The van der Waals surface area contributed by atoms with Crippen molar-refractivity contribution in [3.63, 3.8) is 0 Å². The maximum absolute atomic E-state index is 12.7. The molecule has 6 heteroatoms. The number of rotatable bonds is 4. The zero-order valence-electron chi connectivity index (χ0n) is 15.2. The number of ether oxygens (including phenoxy) is 1. The molecule has 27 heavy (non-hydrogen) atoms. The largest absolute Gasteiger partial charge is 0.465 e. The zero-order chi connectivity index (χ0) is 19.4. The fourth-order valence-corrected chi connectivity index (χ4v) is 3.33. The Labute approximate surface area is 157 Å². The number of piperidine rings is 1. The van der Waals surface area contributed by atoms with Gasteiger partial charge in [-0.15, -0.1) is 0 Å². The van der Waals surface area contributed by atoms with Crippen LogP contribution in [0.5, 0.6) is 0 Å². The summed E-state index contributed by atoms with van der Waals surface area (Å²) >= 11 is 0. The van der Waals surface area contributed by atoms with Crippen LogP contribution in [0.4, 0.5) is 0 Å². The summed E-state index contributed by atoms with van der Waals surface area (Å²) in [6.45, 7) is 1.00. The molecule has 1 heterocycles. The van der Waals surface area contributed by atoms with Gasteiger partial charge in [-0.3, -0.25) is 9.59 Å². The molecule has 0 aromatic heterocycles. The van der Waals surface area contributed by atoms with Crippen LogP contribution in [-0.4, -0.2) is 42.9 Å². The molecule has 2 amide bonds. The summed E-state index contributed by atoms with van der Waals surface area (Å²) in [5.41, 5.74) is 8.18. The summed E-state index contributed by atoms with van der Waals surface area (Å²) in [6, 6.07) is 14.3. The minimum absolute atomic E-state index is 0.101. The van der Waals surface area contributed by atoms with Gasteiger partial charge < -0.3 is 15.4 Å². The molecule has 0 spiro atoms. The van der Waals surface area contributed by atoms with Crippen LogP contribution in [0.15, 0.2) is 48.5 Å². The lowest BCUT2D eigenvalue weighted by atomic mass is 9.96. The van der Waals surface area contributed by atoms with Crippen molar-refractivity contribution < 1.29 is 19.1 Å². The number of primary amides is 1. The number of nitrogens with two attached hydrogens (primary N) is 1. The Morgan fingerprint density at radius 1 is 1.04 bits per heavy atom. The summed E-state index contributed by atoms with van der Waals surface area (Å²) in [6.07, 6.45) is 1.51. The van der Waals surface area contributed by atoms with Crippen molar-refractivity contribution in [3.8, 4) is 11.1 Å². The van der Waals surface area contributed by atoms with Crippen molar-refractivity contribution in [1.82, 2.24) is 4.90 Å². The molecule has 0 unspecified atom stereocenters. The monoisotopic (exact) mass is 366 g/mol. The normalized spacial score (nSPS) is 16.6. The minimum Gasteiger partial charge on any atom is -0.465 e. The first-order valence-electron chi connectivity index (χ1n) is 8.87. The van der Waals surface area contributed by atoms with Crippen molar-refractivity contribution in [2.75, 3.05) is 20.2 Å². The molecule has 1 aliphatic heterocycles. The lowest BCUT2D eigenvalue weighted by Crippen LogP contribution is -2.44. The number of hydrogen-bond acceptors (Lipinski definition) is 4. The van der Waals surface area contributed by atoms with E-state index in [9.17, 15) is 14.4 Å². The molecule has 2 aromatic rings. The minimum atomic E-state index is -0.391. The lowest BCUT2D eigenvalue weighted by molar-refractivity contribution is -0.123. The second-order valence-corrected chi connectivity index (χ2v) is 6.64. The Morgan fingerprint density at radius 2 is 1.78 bits per heavy atom. The van der Waals surface area contributed by atoms with E-state index in [1.54, 1.807) is 35.2 Å². The Balaban J connectivity index is 1.76. The predicted octanol–water partition coefficient (Wildman–Crippen LogP) is 2.48. The molecule has 0 saturated carbocycles. The van der Waals surface area contributed by atoms with Crippen molar-refractivity contribution in [2.24, 2.45) is 11.7 Å². The summed E-state index contributed by atoms with van der Waals surface area (Å²) in [5, 5.41) is 0. The number of hydrogen-bond donors (Lipinski definition) is 1. The number of methoxy groups -OCH3 is 1. The van der Waals surface area contributed by atoms with E-state index < -0.39 is 5.97 Å². The highest BCUT2D eigenvalue weighted by molar-refractivity contribution is 5.95.